The highest BCUT2D eigenvalue weighted by Crippen LogP contribution is 2.20. The van der Waals surface area contributed by atoms with Crippen molar-refractivity contribution < 1.29 is 8.83 Å². The molecule has 1 unspecified atom stereocenters. The lowest BCUT2D eigenvalue weighted by Gasteiger charge is -2.08. The van der Waals surface area contributed by atoms with Crippen molar-refractivity contribution in [3.63, 3.8) is 0 Å². The van der Waals surface area contributed by atoms with Gasteiger partial charge in [0.05, 0.1) is 12.6 Å². The molecule has 2 aromatic heterocycles. The SMILES string of the molecule is CCNCc1nnc(NC(C)c2ccc(C)o2)o1. The van der Waals surface area contributed by atoms with Crippen molar-refractivity contribution in [3.8, 4) is 0 Å². The van der Waals surface area contributed by atoms with Crippen molar-refractivity contribution in [2.45, 2.75) is 33.4 Å². The molecule has 2 N–H and O–H groups in total. The number of nitrogens with zero attached hydrogens (tertiary/aromatic N) is 2. The molecule has 6 nitrogen and oxygen atoms in total. The van der Waals surface area contributed by atoms with Crippen LogP contribution in [-0.2, 0) is 6.54 Å². The predicted molar refractivity (Wildman–Crippen MR) is 67.2 cm³/mol. The molecular weight excluding hydrogens is 232 g/mol. The monoisotopic (exact) mass is 250 g/mol. The average Bonchev–Trinajstić information content (AvgIpc) is 2.96. The first-order valence-electron chi connectivity index (χ1n) is 6.05. The molecule has 18 heavy (non-hydrogen) atoms. The number of anilines is 1. The van der Waals surface area contributed by atoms with Gasteiger partial charge in [-0.3, -0.25) is 0 Å². The van der Waals surface area contributed by atoms with Crippen LogP contribution in [0.4, 0.5) is 6.01 Å². The molecule has 98 valence electrons. The van der Waals surface area contributed by atoms with Crippen molar-refractivity contribution >= 4 is 6.01 Å². The zero-order chi connectivity index (χ0) is 13.0. The van der Waals surface area contributed by atoms with Crippen LogP contribution in [-0.4, -0.2) is 16.7 Å². The molecule has 0 fully saturated rings. The van der Waals surface area contributed by atoms with Crippen LogP contribution in [0.1, 0.15) is 37.3 Å². The molecule has 0 radical (unpaired) electrons. The highest BCUT2D eigenvalue weighted by Gasteiger charge is 2.13. The summed E-state index contributed by atoms with van der Waals surface area (Å²) in [6.07, 6.45) is 0. The van der Waals surface area contributed by atoms with E-state index >= 15 is 0 Å². The van der Waals surface area contributed by atoms with Crippen LogP contribution in [0, 0.1) is 6.92 Å². The van der Waals surface area contributed by atoms with Crippen molar-refractivity contribution in [2.24, 2.45) is 0 Å². The van der Waals surface area contributed by atoms with Gasteiger partial charge in [-0.2, -0.15) is 0 Å². The number of rotatable bonds is 6. The van der Waals surface area contributed by atoms with Crippen LogP contribution in [0.3, 0.4) is 0 Å². The molecule has 0 aromatic carbocycles. The van der Waals surface area contributed by atoms with Gasteiger partial charge in [0.1, 0.15) is 11.5 Å². The van der Waals surface area contributed by atoms with Crippen LogP contribution < -0.4 is 10.6 Å². The number of hydrogen-bond donors (Lipinski definition) is 2. The third-order valence-corrected chi connectivity index (χ3v) is 2.52. The van der Waals surface area contributed by atoms with Gasteiger partial charge in [-0.05, 0) is 32.5 Å². The Morgan fingerprint density at radius 2 is 2.11 bits per heavy atom. The highest BCUT2D eigenvalue weighted by molar-refractivity contribution is 5.24. The van der Waals surface area contributed by atoms with E-state index in [0.717, 1.165) is 18.1 Å². The Morgan fingerprint density at radius 3 is 2.78 bits per heavy atom. The third-order valence-electron chi connectivity index (χ3n) is 2.52. The molecule has 0 aliphatic heterocycles. The Balaban J connectivity index is 1.94. The zero-order valence-electron chi connectivity index (χ0n) is 10.9. The summed E-state index contributed by atoms with van der Waals surface area (Å²) in [6.45, 7) is 7.37. The quantitative estimate of drug-likeness (QED) is 0.819. The molecule has 0 aliphatic carbocycles. The summed E-state index contributed by atoms with van der Waals surface area (Å²) in [7, 11) is 0. The van der Waals surface area contributed by atoms with Crippen LogP contribution in [0.5, 0.6) is 0 Å². The Labute approximate surface area is 106 Å². The maximum absolute atomic E-state index is 5.52. The number of hydrogen-bond acceptors (Lipinski definition) is 6. The molecule has 0 spiro atoms. The van der Waals surface area contributed by atoms with Crippen molar-refractivity contribution in [3.05, 3.63) is 29.5 Å². The van der Waals surface area contributed by atoms with E-state index in [4.69, 9.17) is 8.83 Å². The van der Waals surface area contributed by atoms with Gasteiger partial charge < -0.3 is 19.5 Å². The first kappa shape index (κ1) is 12.6. The van der Waals surface area contributed by atoms with Crippen molar-refractivity contribution in [1.82, 2.24) is 15.5 Å². The van der Waals surface area contributed by atoms with E-state index < -0.39 is 0 Å². The van der Waals surface area contributed by atoms with Crippen LogP contribution in [0.2, 0.25) is 0 Å². The molecular formula is C12H18N4O2. The minimum Gasteiger partial charge on any atom is -0.464 e. The van der Waals surface area contributed by atoms with Crippen molar-refractivity contribution in [1.29, 1.82) is 0 Å². The summed E-state index contributed by atoms with van der Waals surface area (Å²) in [4.78, 5) is 0. The Morgan fingerprint density at radius 1 is 1.28 bits per heavy atom. The molecule has 0 aliphatic rings. The first-order chi connectivity index (χ1) is 8.69. The number of aryl methyl sites for hydroxylation is 1. The molecule has 2 aromatic rings. The summed E-state index contributed by atoms with van der Waals surface area (Å²) in [5.41, 5.74) is 0. The first-order valence-corrected chi connectivity index (χ1v) is 6.05. The van der Waals surface area contributed by atoms with E-state index in [-0.39, 0.29) is 6.04 Å². The molecule has 0 saturated carbocycles. The zero-order valence-corrected chi connectivity index (χ0v) is 10.9. The van der Waals surface area contributed by atoms with Gasteiger partial charge in [0.25, 0.3) is 0 Å². The minimum absolute atomic E-state index is 0.00821. The lowest BCUT2D eigenvalue weighted by Crippen LogP contribution is -2.11. The summed E-state index contributed by atoms with van der Waals surface area (Å²) in [6, 6.07) is 4.26. The van der Waals surface area contributed by atoms with Gasteiger partial charge in [-0.1, -0.05) is 12.0 Å². The normalized spacial score (nSPS) is 12.6. The largest absolute Gasteiger partial charge is 0.464 e. The molecule has 0 bridgehead atoms. The average molecular weight is 250 g/mol. The highest BCUT2D eigenvalue weighted by atomic mass is 16.4. The van der Waals surface area contributed by atoms with E-state index in [9.17, 15) is 0 Å². The number of aromatic nitrogens is 2. The van der Waals surface area contributed by atoms with Gasteiger partial charge >= 0.3 is 6.01 Å². The van der Waals surface area contributed by atoms with Gasteiger partial charge in [-0.15, -0.1) is 5.10 Å². The molecule has 0 amide bonds. The van der Waals surface area contributed by atoms with E-state index in [1.165, 1.54) is 0 Å². The van der Waals surface area contributed by atoms with Crippen LogP contribution >= 0.6 is 0 Å². The fraction of sp³-hybridized carbons (Fsp3) is 0.500. The second-order valence-corrected chi connectivity index (χ2v) is 4.10. The molecule has 1 atom stereocenters. The summed E-state index contributed by atoms with van der Waals surface area (Å²) in [5, 5.41) is 14.1. The minimum atomic E-state index is -0.00821. The predicted octanol–water partition coefficient (Wildman–Crippen LogP) is 2.25. The summed E-state index contributed by atoms with van der Waals surface area (Å²) in [5.74, 6) is 2.30. The number of furan rings is 1. The number of nitrogens with one attached hydrogen (secondary N) is 2. The van der Waals surface area contributed by atoms with E-state index in [0.29, 0.717) is 18.5 Å². The van der Waals surface area contributed by atoms with Gasteiger partial charge in [0, 0.05) is 0 Å². The Bertz CT molecular complexity index is 492. The molecule has 0 saturated heterocycles. The van der Waals surface area contributed by atoms with Crippen molar-refractivity contribution in [2.75, 3.05) is 11.9 Å². The fourth-order valence-corrected chi connectivity index (χ4v) is 1.56. The lowest BCUT2D eigenvalue weighted by atomic mass is 10.2. The maximum atomic E-state index is 5.52. The van der Waals surface area contributed by atoms with Gasteiger partial charge in [0.15, 0.2) is 0 Å². The second kappa shape index (κ2) is 5.68. The summed E-state index contributed by atoms with van der Waals surface area (Å²) < 4.78 is 11.0. The van der Waals surface area contributed by atoms with E-state index in [1.807, 2.05) is 32.9 Å². The topological polar surface area (TPSA) is 76.1 Å². The molecule has 2 rings (SSSR count). The molecule has 2 heterocycles. The van der Waals surface area contributed by atoms with Gasteiger partial charge in [0.2, 0.25) is 5.89 Å². The van der Waals surface area contributed by atoms with E-state index in [1.54, 1.807) is 0 Å². The van der Waals surface area contributed by atoms with Gasteiger partial charge in [-0.25, -0.2) is 0 Å². The second-order valence-electron chi connectivity index (χ2n) is 4.10. The smallest absolute Gasteiger partial charge is 0.316 e. The Hall–Kier alpha value is -1.82. The van der Waals surface area contributed by atoms with Crippen LogP contribution in [0.25, 0.3) is 0 Å². The fourth-order valence-electron chi connectivity index (χ4n) is 1.56. The van der Waals surface area contributed by atoms with Crippen LogP contribution in [0.15, 0.2) is 21.0 Å². The lowest BCUT2D eigenvalue weighted by molar-refractivity contribution is 0.450. The van der Waals surface area contributed by atoms with E-state index in [2.05, 4.69) is 20.8 Å². The molecule has 6 heteroatoms. The summed E-state index contributed by atoms with van der Waals surface area (Å²) >= 11 is 0. The maximum Gasteiger partial charge on any atom is 0.316 e. The third kappa shape index (κ3) is 3.10. The Kier molecular flexibility index (Phi) is 3.99. The standard InChI is InChI=1S/C12H18N4O2/c1-4-13-7-11-15-16-12(18-11)14-9(3)10-6-5-8(2)17-10/h5-6,9,13H,4,7H2,1-3H3,(H,14,16).